The van der Waals surface area contributed by atoms with Crippen LogP contribution in [0.15, 0.2) is 22.7 Å². The van der Waals surface area contributed by atoms with E-state index in [9.17, 15) is 0 Å². The largest absolute Gasteiger partial charge is 0.313 e. The van der Waals surface area contributed by atoms with Gasteiger partial charge in [-0.05, 0) is 37.6 Å². The van der Waals surface area contributed by atoms with E-state index < -0.39 is 0 Å². The van der Waals surface area contributed by atoms with Gasteiger partial charge in [0.2, 0.25) is 0 Å². The van der Waals surface area contributed by atoms with Crippen LogP contribution in [0.1, 0.15) is 31.9 Å². The Morgan fingerprint density at radius 3 is 2.48 bits per heavy atom. The first-order chi connectivity index (χ1) is 10.1. The van der Waals surface area contributed by atoms with Gasteiger partial charge in [0.1, 0.15) is 0 Å². The molecule has 1 fully saturated rings. The molecule has 0 saturated carbocycles. The second kappa shape index (κ2) is 8.28. The summed E-state index contributed by atoms with van der Waals surface area (Å²) in [5.41, 5.74) is 2.74. The smallest absolute Gasteiger partial charge is 0.0246 e. The van der Waals surface area contributed by atoms with Crippen LogP contribution in [0.25, 0.3) is 0 Å². The molecule has 1 N–H and O–H groups in total. The molecule has 0 aliphatic carbocycles. The van der Waals surface area contributed by atoms with Crippen LogP contribution in [0.2, 0.25) is 0 Å². The van der Waals surface area contributed by atoms with Gasteiger partial charge in [0.05, 0.1) is 0 Å². The zero-order chi connectivity index (χ0) is 15.2. The van der Waals surface area contributed by atoms with Gasteiger partial charge in [-0.25, -0.2) is 0 Å². The highest BCUT2D eigenvalue weighted by Crippen LogP contribution is 2.21. The Morgan fingerprint density at radius 2 is 1.90 bits per heavy atom. The van der Waals surface area contributed by atoms with Crippen molar-refractivity contribution in [1.82, 2.24) is 15.1 Å². The highest BCUT2D eigenvalue weighted by atomic mass is 79.9. The fourth-order valence-electron chi connectivity index (χ4n) is 2.78. The summed E-state index contributed by atoms with van der Waals surface area (Å²) in [7, 11) is 0. The summed E-state index contributed by atoms with van der Waals surface area (Å²) >= 11 is 3.74. The Morgan fingerprint density at radius 1 is 1.19 bits per heavy atom. The van der Waals surface area contributed by atoms with Gasteiger partial charge in [0, 0.05) is 49.8 Å². The molecule has 1 aromatic rings. The van der Waals surface area contributed by atoms with Crippen LogP contribution in [0.3, 0.4) is 0 Å². The number of halogens is 1. The molecule has 1 heterocycles. The molecule has 4 heteroatoms. The molecule has 0 bridgehead atoms. The third-order valence-electron chi connectivity index (χ3n) is 4.23. The SMILES string of the molecule is CCNCc1ccc(CN2CCN(C(C)C)CC2)c(Br)c1. The van der Waals surface area contributed by atoms with E-state index in [4.69, 9.17) is 0 Å². The monoisotopic (exact) mass is 353 g/mol. The number of nitrogens with one attached hydrogen (secondary N) is 1. The predicted octanol–water partition coefficient (Wildman–Crippen LogP) is 3.08. The molecule has 118 valence electrons. The summed E-state index contributed by atoms with van der Waals surface area (Å²) < 4.78 is 1.24. The lowest BCUT2D eigenvalue weighted by Gasteiger charge is -2.37. The van der Waals surface area contributed by atoms with Crippen molar-refractivity contribution in [3.8, 4) is 0 Å². The van der Waals surface area contributed by atoms with Crippen molar-refractivity contribution >= 4 is 15.9 Å². The van der Waals surface area contributed by atoms with E-state index in [1.54, 1.807) is 0 Å². The summed E-state index contributed by atoms with van der Waals surface area (Å²) in [5, 5.41) is 3.37. The summed E-state index contributed by atoms with van der Waals surface area (Å²) in [6.45, 7) is 14.4. The summed E-state index contributed by atoms with van der Waals surface area (Å²) in [6, 6.07) is 7.44. The number of piperazine rings is 1. The van der Waals surface area contributed by atoms with Crippen molar-refractivity contribution < 1.29 is 0 Å². The third kappa shape index (κ3) is 5.06. The average molecular weight is 354 g/mol. The zero-order valence-corrected chi connectivity index (χ0v) is 15.1. The maximum Gasteiger partial charge on any atom is 0.0246 e. The molecule has 1 saturated heterocycles. The van der Waals surface area contributed by atoms with E-state index in [2.05, 4.69) is 70.0 Å². The molecule has 0 unspecified atom stereocenters. The van der Waals surface area contributed by atoms with Gasteiger partial charge in [-0.2, -0.15) is 0 Å². The summed E-state index contributed by atoms with van der Waals surface area (Å²) in [6.07, 6.45) is 0. The van der Waals surface area contributed by atoms with E-state index >= 15 is 0 Å². The minimum atomic E-state index is 0.671. The highest BCUT2D eigenvalue weighted by Gasteiger charge is 2.19. The first-order valence-electron chi connectivity index (χ1n) is 8.04. The van der Waals surface area contributed by atoms with Crippen molar-refractivity contribution in [2.24, 2.45) is 0 Å². The number of benzene rings is 1. The van der Waals surface area contributed by atoms with Gasteiger partial charge in [-0.1, -0.05) is 35.0 Å². The average Bonchev–Trinajstić information content (AvgIpc) is 2.48. The topological polar surface area (TPSA) is 18.5 Å². The first kappa shape index (κ1) is 16.9. The van der Waals surface area contributed by atoms with Crippen molar-refractivity contribution in [1.29, 1.82) is 0 Å². The Balaban J connectivity index is 1.89. The summed E-state index contributed by atoms with van der Waals surface area (Å²) in [5.74, 6) is 0. The Kier molecular flexibility index (Phi) is 6.68. The Hall–Kier alpha value is -0.420. The van der Waals surface area contributed by atoms with E-state index in [0.717, 1.165) is 19.6 Å². The lowest BCUT2D eigenvalue weighted by molar-refractivity contribution is 0.104. The fourth-order valence-corrected chi connectivity index (χ4v) is 3.33. The predicted molar refractivity (Wildman–Crippen MR) is 93.5 cm³/mol. The van der Waals surface area contributed by atoms with E-state index in [-0.39, 0.29) is 0 Å². The molecular weight excluding hydrogens is 326 g/mol. The molecule has 3 nitrogen and oxygen atoms in total. The van der Waals surface area contributed by atoms with Gasteiger partial charge in [-0.15, -0.1) is 0 Å². The van der Waals surface area contributed by atoms with Gasteiger partial charge in [0.15, 0.2) is 0 Å². The maximum atomic E-state index is 3.74. The third-order valence-corrected chi connectivity index (χ3v) is 4.97. The Bertz CT molecular complexity index is 440. The second-order valence-corrected chi connectivity index (χ2v) is 6.97. The second-order valence-electron chi connectivity index (χ2n) is 6.11. The standard InChI is InChI=1S/C17H28BrN3/c1-4-19-12-15-5-6-16(17(18)11-15)13-20-7-9-21(10-8-20)14(2)3/h5-6,11,14,19H,4,7-10,12-13H2,1-3H3. The normalized spacial score (nSPS) is 17.6. The first-order valence-corrected chi connectivity index (χ1v) is 8.84. The molecule has 1 aromatic carbocycles. The minimum absolute atomic E-state index is 0.671. The van der Waals surface area contributed by atoms with E-state index in [1.807, 2.05) is 0 Å². The van der Waals surface area contributed by atoms with Crippen molar-refractivity contribution in [2.45, 2.75) is 39.9 Å². The number of hydrogen-bond donors (Lipinski definition) is 1. The van der Waals surface area contributed by atoms with Gasteiger partial charge < -0.3 is 5.32 Å². The van der Waals surface area contributed by atoms with Gasteiger partial charge in [0.25, 0.3) is 0 Å². The van der Waals surface area contributed by atoms with Crippen LogP contribution in [-0.2, 0) is 13.1 Å². The van der Waals surface area contributed by atoms with Crippen LogP contribution in [0.4, 0.5) is 0 Å². The van der Waals surface area contributed by atoms with Crippen LogP contribution in [-0.4, -0.2) is 48.6 Å². The minimum Gasteiger partial charge on any atom is -0.313 e. The van der Waals surface area contributed by atoms with Crippen molar-refractivity contribution in [2.75, 3.05) is 32.7 Å². The molecule has 0 aromatic heterocycles. The molecule has 0 atom stereocenters. The number of nitrogens with zero attached hydrogens (tertiary/aromatic N) is 2. The molecule has 1 aliphatic heterocycles. The lowest BCUT2D eigenvalue weighted by atomic mass is 10.1. The van der Waals surface area contributed by atoms with Crippen LogP contribution < -0.4 is 5.32 Å². The van der Waals surface area contributed by atoms with Crippen LogP contribution in [0, 0.1) is 0 Å². The summed E-state index contributed by atoms with van der Waals surface area (Å²) in [4.78, 5) is 5.12. The van der Waals surface area contributed by atoms with Gasteiger partial charge in [-0.3, -0.25) is 9.80 Å². The van der Waals surface area contributed by atoms with Crippen molar-refractivity contribution in [3.05, 3.63) is 33.8 Å². The highest BCUT2D eigenvalue weighted by molar-refractivity contribution is 9.10. The molecule has 2 rings (SSSR count). The maximum absolute atomic E-state index is 3.74. The van der Waals surface area contributed by atoms with E-state index in [1.165, 1.54) is 41.8 Å². The lowest BCUT2D eigenvalue weighted by Crippen LogP contribution is -2.48. The molecule has 21 heavy (non-hydrogen) atoms. The molecule has 0 spiro atoms. The quantitative estimate of drug-likeness (QED) is 0.847. The zero-order valence-electron chi connectivity index (χ0n) is 13.5. The number of hydrogen-bond acceptors (Lipinski definition) is 3. The molecule has 1 aliphatic rings. The fraction of sp³-hybridized carbons (Fsp3) is 0.647. The molecule has 0 radical (unpaired) electrons. The molecule has 0 amide bonds. The Labute approximate surface area is 137 Å². The van der Waals surface area contributed by atoms with Crippen LogP contribution >= 0.6 is 15.9 Å². The molecular formula is C17H28BrN3. The van der Waals surface area contributed by atoms with Gasteiger partial charge >= 0.3 is 0 Å². The van der Waals surface area contributed by atoms with E-state index in [0.29, 0.717) is 6.04 Å². The van der Waals surface area contributed by atoms with Crippen LogP contribution in [0.5, 0.6) is 0 Å². The van der Waals surface area contributed by atoms with Crippen molar-refractivity contribution in [3.63, 3.8) is 0 Å². The number of rotatable bonds is 6.